The van der Waals surface area contributed by atoms with Crippen LogP contribution in [0.4, 0.5) is 5.69 Å². The predicted octanol–water partition coefficient (Wildman–Crippen LogP) is 6.91. The number of nitrogens with zero attached hydrogens (tertiary/aromatic N) is 2. The van der Waals surface area contributed by atoms with Gasteiger partial charge in [-0.2, -0.15) is 0 Å². The molecule has 0 aromatic heterocycles. The molecule has 2 amide bonds. The zero-order chi connectivity index (χ0) is 32.6. The first kappa shape index (κ1) is 34.0. The maximum Gasteiger partial charge on any atom is 0.264 e. The van der Waals surface area contributed by atoms with Gasteiger partial charge in [0.15, 0.2) is 0 Å². The number of carbonyl (C=O) groups excluding carboxylic acids is 2. The number of aryl methyl sites for hydroxylation is 1. The van der Waals surface area contributed by atoms with Crippen LogP contribution in [-0.4, -0.2) is 44.3 Å². The van der Waals surface area contributed by atoms with E-state index in [4.69, 9.17) is 23.2 Å². The van der Waals surface area contributed by atoms with E-state index in [2.05, 4.69) is 5.32 Å². The third-order valence-electron chi connectivity index (χ3n) is 7.14. The second-order valence-corrected chi connectivity index (χ2v) is 14.0. The lowest BCUT2D eigenvalue weighted by molar-refractivity contribution is -0.140. The van der Waals surface area contributed by atoms with Crippen LogP contribution in [0.15, 0.2) is 108 Å². The highest BCUT2D eigenvalue weighted by Crippen LogP contribution is 2.30. The number of hydrogen-bond acceptors (Lipinski definition) is 4. The van der Waals surface area contributed by atoms with Crippen LogP contribution in [0.1, 0.15) is 30.5 Å². The molecule has 10 heteroatoms. The molecule has 0 fully saturated rings. The molecule has 0 bridgehead atoms. The lowest BCUT2D eigenvalue weighted by atomic mass is 10.0. The fourth-order valence-corrected chi connectivity index (χ4v) is 6.85. The van der Waals surface area contributed by atoms with Gasteiger partial charge in [-0.1, -0.05) is 115 Å². The molecule has 0 spiro atoms. The van der Waals surface area contributed by atoms with Crippen molar-refractivity contribution in [3.63, 3.8) is 0 Å². The van der Waals surface area contributed by atoms with E-state index in [1.807, 2.05) is 75.4 Å². The van der Waals surface area contributed by atoms with Crippen molar-refractivity contribution >= 4 is 50.7 Å². The summed E-state index contributed by atoms with van der Waals surface area (Å²) in [6.07, 6.45) is 0.233. The Balaban J connectivity index is 1.82. The zero-order valence-electron chi connectivity index (χ0n) is 25.5. The topological polar surface area (TPSA) is 86.8 Å². The van der Waals surface area contributed by atoms with Crippen LogP contribution >= 0.6 is 23.2 Å². The highest BCUT2D eigenvalue weighted by atomic mass is 35.5. The average molecular weight is 667 g/mol. The van der Waals surface area contributed by atoms with Crippen molar-refractivity contribution in [3.05, 3.63) is 130 Å². The summed E-state index contributed by atoms with van der Waals surface area (Å²) in [5, 5.41) is 3.42. The number of carbonyl (C=O) groups is 2. The van der Waals surface area contributed by atoms with Gasteiger partial charge in [-0.3, -0.25) is 13.9 Å². The molecule has 7 nitrogen and oxygen atoms in total. The lowest BCUT2D eigenvalue weighted by Crippen LogP contribution is -2.53. The monoisotopic (exact) mass is 665 g/mol. The Labute approximate surface area is 275 Å². The molecule has 45 heavy (non-hydrogen) atoms. The van der Waals surface area contributed by atoms with E-state index in [0.29, 0.717) is 6.54 Å². The van der Waals surface area contributed by atoms with E-state index in [1.54, 1.807) is 18.2 Å². The smallest absolute Gasteiger partial charge is 0.264 e. The first-order valence-electron chi connectivity index (χ1n) is 14.6. The molecule has 4 aromatic carbocycles. The minimum absolute atomic E-state index is 0.00496. The Morgan fingerprint density at radius 1 is 0.800 bits per heavy atom. The molecule has 0 unspecified atom stereocenters. The first-order chi connectivity index (χ1) is 21.4. The minimum atomic E-state index is -4.25. The highest BCUT2D eigenvalue weighted by Gasteiger charge is 2.35. The Morgan fingerprint density at radius 2 is 1.40 bits per heavy atom. The van der Waals surface area contributed by atoms with Crippen molar-refractivity contribution in [3.8, 4) is 0 Å². The molecule has 1 N–H and O–H groups in total. The van der Waals surface area contributed by atoms with Gasteiger partial charge in [0.25, 0.3) is 10.0 Å². The van der Waals surface area contributed by atoms with E-state index < -0.39 is 28.5 Å². The SMILES string of the molecule is Cc1cccc(CN(C(=O)CN(c2cc(Cl)cc(Cl)c2)S(=O)(=O)c2ccccc2)[C@@H](Cc2ccccc2)C(=O)NCC(C)C)c1. The molecule has 0 aliphatic rings. The molecule has 0 aliphatic carbocycles. The third kappa shape index (κ3) is 9.33. The van der Waals surface area contributed by atoms with Gasteiger partial charge >= 0.3 is 0 Å². The van der Waals surface area contributed by atoms with Crippen LogP contribution < -0.4 is 9.62 Å². The molecule has 0 heterocycles. The van der Waals surface area contributed by atoms with E-state index in [9.17, 15) is 18.0 Å². The third-order valence-corrected chi connectivity index (χ3v) is 9.36. The summed E-state index contributed by atoms with van der Waals surface area (Å²) < 4.78 is 29.2. The Kier molecular flexibility index (Phi) is 11.7. The molecule has 0 saturated carbocycles. The van der Waals surface area contributed by atoms with E-state index in [0.717, 1.165) is 21.0 Å². The summed E-state index contributed by atoms with van der Waals surface area (Å²) in [7, 11) is -4.25. The maximum atomic E-state index is 14.5. The summed E-state index contributed by atoms with van der Waals surface area (Å²) in [6.45, 7) is 5.84. The first-order valence-corrected chi connectivity index (χ1v) is 16.8. The van der Waals surface area contributed by atoms with Crippen molar-refractivity contribution < 1.29 is 18.0 Å². The second-order valence-electron chi connectivity index (χ2n) is 11.3. The molecule has 4 rings (SSSR count). The van der Waals surface area contributed by atoms with Gasteiger partial charge in [-0.25, -0.2) is 8.42 Å². The van der Waals surface area contributed by atoms with Gasteiger partial charge in [0.1, 0.15) is 12.6 Å². The van der Waals surface area contributed by atoms with Gasteiger partial charge < -0.3 is 10.2 Å². The molecule has 0 saturated heterocycles. The number of halogens is 2. The Bertz CT molecular complexity index is 1700. The summed E-state index contributed by atoms with van der Waals surface area (Å²) in [5.74, 6) is -0.698. The summed E-state index contributed by atoms with van der Waals surface area (Å²) in [5.41, 5.74) is 2.79. The molecular weight excluding hydrogens is 629 g/mol. The van der Waals surface area contributed by atoms with Gasteiger partial charge in [0, 0.05) is 29.6 Å². The lowest BCUT2D eigenvalue weighted by Gasteiger charge is -2.34. The fraction of sp³-hybridized carbons (Fsp3) is 0.257. The van der Waals surface area contributed by atoms with Gasteiger partial charge in [0.05, 0.1) is 10.6 Å². The average Bonchev–Trinajstić information content (AvgIpc) is 3.00. The molecular formula is C35H37Cl2N3O4S. The number of anilines is 1. The fourth-order valence-electron chi connectivity index (χ4n) is 4.92. The minimum Gasteiger partial charge on any atom is -0.354 e. The number of benzene rings is 4. The Morgan fingerprint density at radius 3 is 2.00 bits per heavy atom. The van der Waals surface area contributed by atoms with Crippen LogP contribution in [-0.2, 0) is 32.6 Å². The summed E-state index contributed by atoms with van der Waals surface area (Å²) >= 11 is 12.6. The second kappa shape index (κ2) is 15.4. The van der Waals surface area contributed by atoms with Crippen LogP contribution in [0.25, 0.3) is 0 Å². The zero-order valence-corrected chi connectivity index (χ0v) is 27.8. The van der Waals surface area contributed by atoms with E-state index >= 15 is 0 Å². The molecule has 1 atom stereocenters. The van der Waals surface area contributed by atoms with E-state index in [-0.39, 0.29) is 45.4 Å². The number of rotatable bonds is 13. The van der Waals surface area contributed by atoms with E-state index in [1.165, 1.54) is 35.2 Å². The van der Waals surface area contributed by atoms with Crippen LogP contribution in [0.5, 0.6) is 0 Å². The quantitative estimate of drug-likeness (QED) is 0.168. The molecule has 0 aliphatic heterocycles. The standard InChI is InChI=1S/C35H37Cl2N3O4S/c1-25(2)22-38-35(42)33(18-27-12-6-4-7-13-27)39(23-28-14-10-11-26(3)17-28)34(41)24-40(31-20-29(36)19-30(37)21-31)45(43,44)32-15-8-5-9-16-32/h4-17,19-21,25,33H,18,22-24H2,1-3H3,(H,38,42)/t33-/m0/s1. The molecule has 0 radical (unpaired) electrons. The van der Waals surface area contributed by atoms with Crippen molar-refractivity contribution in [2.75, 3.05) is 17.4 Å². The van der Waals surface area contributed by atoms with Crippen LogP contribution in [0.2, 0.25) is 10.0 Å². The predicted molar refractivity (Wildman–Crippen MR) is 181 cm³/mol. The number of amides is 2. The molecule has 4 aromatic rings. The van der Waals surface area contributed by atoms with Gasteiger partial charge in [-0.15, -0.1) is 0 Å². The van der Waals surface area contributed by atoms with Gasteiger partial charge in [-0.05, 0) is 54.3 Å². The number of sulfonamides is 1. The van der Waals surface area contributed by atoms with Gasteiger partial charge in [0.2, 0.25) is 11.8 Å². The summed E-state index contributed by atoms with van der Waals surface area (Å²) in [4.78, 5) is 29.8. The van der Waals surface area contributed by atoms with Crippen molar-refractivity contribution in [2.24, 2.45) is 5.92 Å². The van der Waals surface area contributed by atoms with Crippen molar-refractivity contribution in [1.29, 1.82) is 0 Å². The Hall–Kier alpha value is -3.85. The van der Waals surface area contributed by atoms with Crippen LogP contribution in [0, 0.1) is 12.8 Å². The van der Waals surface area contributed by atoms with Crippen molar-refractivity contribution in [1.82, 2.24) is 10.2 Å². The highest BCUT2D eigenvalue weighted by molar-refractivity contribution is 7.92. The number of hydrogen-bond donors (Lipinski definition) is 1. The van der Waals surface area contributed by atoms with Crippen molar-refractivity contribution in [2.45, 2.75) is 44.7 Å². The van der Waals surface area contributed by atoms with Crippen LogP contribution in [0.3, 0.4) is 0 Å². The maximum absolute atomic E-state index is 14.5. The number of nitrogens with one attached hydrogen (secondary N) is 1. The summed E-state index contributed by atoms with van der Waals surface area (Å²) in [6, 6.07) is 28.4. The molecule has 236 valence electrons. The largest absolute Gasteiger partial charge is 0.354 e. The normalized spacial score (nSPS) is 12.0.